The van der Waals surface area contributed by atoms with E-state index >= 15 is 0 Å². The number of phenols is 2. The third kappa shape index (κ3) is 5.27. The van der Waals surface area contributed by atoms with Crippen molar-refractivity contribution in [3.8, 4) is 11.5 Å². The molecule has 0 amide bonds. The van der Waals surface area contributed by atoms with E-state index in [0.717, 1.165) is 33.4 Å². The molecule has 0 atom stereocenters. The summed E-state index contributed by atoms with van der Waals surface area (Å²) in [6.07, 6.45) is 0.676. The molecule has 0 bridgehead atoms. The molecule has 2 heteroatoms. The Morgan fingerprint density at radius 2 is 0.774 bits per heavy atom. The van der Waals surface area contributed by atoms with E-state index in [1.54, 1.807) is 0 Å². The van der Waals surface area contributed by atoms with E-state index in [9.17, 15) is 10.2 Å². The molecule has 172 valence electrons. The van der Waals surface area contributed by atoms with Crippen molar-refractivity contribution in [1.82, 2.24) is 0 Å². The summed E-state index contributed by atoms with van der Waals surface area (Å²) in [4.78, 5) is 0. The highest BCUT2D eigenvalue weighted by Crippen LogP contribution is 2.44. The summed E-state index contributed by atoms with van der Waals surface area (Å²) < 4.78 is 0. The molecule has 0 aliphatic carbocycles. The molecule has 0 saturated carbocycles. The topological polar surface area (TPSA) is 40.5 Å². The number of phenolic OH excluding ortho intramolecular Hbond substituents is 2. The first kappa shape index (κ1) is 25.3. The molecule has 2 nitrogen and oxygen atoms in total. The van der Waals surface area contributed by atoms with Crippen molar-refractivity contribution in [2.45, 2.75) is 111 Å². The number of aromatic hydroxyl groups is 2. The van der Waals surface area contributed by atoms with Crippen molar-refractivity contribution >= 4 is 0 Å². The third-order valence-corrected chi connectivity index (χ3v) is 6.03. The molecule has 0 saturated heterocycles. The van der Waals surface area contributed by atoms with Crippen molar-refractivity contribution < 1.29 is 10.2 Å². The Hall–Kier alpha value is -1.96. The molecule has 31 heavy (non-hydrogen) atoms. The molecule has 2 rings (SSSR count). The second-order valence-corrected chi connectivity index (χ2v) is 13.2. The van der Waals surface area contributed by atoms with E-state index in [0.29, 0.717) is 17.9 Å². The van der Waals surface area contributed by atoms with Crippen molar-refractivity contribution in [2.75, 3.05) is 0 Å². The van der Waals surface area contributed by atoms with Gasteiger partial charge in [0.15, 0.2) is 0 Å². The van der Waals surface area contributed by atoms with Gasteiger partial charge in [-0.2, -0.15) is 0 Å². The highest BCUT2D eigenvalue weighted by molar-refractivity contribution is 5.56. The Balaban J connectivity index is 2.77. The van der Waals surface area contributed by atoms with Crippen LogP contribution in [-0.4, -0.2) is 10.2 Å². The van der Waals surface area contributed by atoms with Crippen LogP contribution in [0, 0.1) is 0 Å². The maximum Gasteiger partial charge on any atom is 0.123 e. The van der Waals surface area contributed by atoms with Gasteiger partial charge in [-0.25, -0.2) is 0 Å². The molecule has 2 aromatic rings. The van der Waals surface area contributed by atoms with E-state index in [1.807, 2.05) is 0 Å². The Labute approximate surface area is 190 Å². The summed E-state index contributed by atoms with van der Waals surface area (Å²) in [7, 11) is 0. The molecule has 0 unspecified atom stereocenters. The van der Waals surface area contributed by atoms with Gasteiger partial charge in [0.2, 0.25) is 0 Å². The van der Waals surface area contributed by atoms with Crippen molar-refractivity contribution in [3.63, 3.8) is 0 Å². The van der Waals surface area contributed by atoms with Crippen molar-refractivity contribution in [2.24, 2.45) is 0 Å². The van der Waals surface area contributed by atoms with Crippen LogP contribution in [0.5, 0.6) is 11.5 Å². The smallest absolute Gasteiger partial charge is 0.123 e. The Kier molecular flexibility index (Phi) is 6.42. The molecule has 0 aliphatic heterocycles. The monoisotopic (exact) mass is 424 g/mol. The fourth-order valence-corrected chi connectivity index (χ4v) is 4.65. The summed E-state index contributed by atoms with van der Waals surface area (Å²) in [5.74, 6) is 0.815. The lowest BCUT2D eigenvalue weighted by Gasteiger charge is -2.32. The highest BCUT2D eigenvalue weighted by atomic mass is 16.3. The molecule has 0 aromatic heterocycles. The summed E-state index contributed by atoms with van der Waals surface area (Å²) in [5.41, 5.74) is 5.52. The van der Waals surface area contributed by atoms with Gasteiger partial charge in [-0.05, 0) is 50.3 Å². The molecule has 2 N–H and O–H groups in total. The average Bonchev–Trinajstić information content (AvgIpc) is 2.49. The second-order valence-electron chi connectivity index (χ2n) is 13.2. The van der Waals surface area contributed by atoms with Gasteiger partial charge in [0.05, 0.1) is 0 Å². The first-order valence-electron chi connectivity index (χ1n) is 11.5. The molecule has 0 fully saturated rings. The minimum Gasteiger partial charge on any atom is -0.507 e. The maximum atomic E-state index is 11.3. The molecular formula is C29H44O2. The summed E-state index contributed by atoms with van der Waals surface area (Å²) in [6, 6.07) is 8.48. The van der Waals surface area contributed by atoms with Crippen LogP contribution in [0.3, 0.4) is 0 Å². The molecule has 0 heterocycles. The quantitative estimate of drug-likeness (QED) is 0.515. The van der Waals surface area contributed by atoms with Crippen LogP contribution in [0.1, 0.15) is 116 Å². The lowest BCUT2D eigenvalue weighted by molar-refractivity contribution is 0.420. The minimum atomic E-state index is -0.198. The summed E-state index contributed by atoms with van der Waals surface area (Å²) in [6.45, 7) is 25.7. The Morgan fingerprint density at radius 1 is 0.484 bits per heavy atom. The zero-order valence-corrected chi connectivity index (χ0v) is 21.9. The normalized spacial score (nSPS) is 13.5. The third-order valence-electron chi connectivity index (χ3n) is 6.03. The van der Waals surface area contributed by atoms with Gasteiger partial charge in [-0.1, -0.05) is 107 Å². The molecule has 0 radical (unpaired) electrons. The van der Waals surface area contributed by atoms with Crippen LogP contribution in [0.15, 0.2) is 24.3 Å². The van der Waals surface area contributed by atoms with Crippen molar-refractivity contribution in [1.29, 1.82) is 0 Å². The van der Waals surface area contributed by atoms with Crippen LogP contribution in [0.2, 0.25) is 0 Å². The zero-order chi connectivity index (χ0) is 24.2. The highest BCUT2D eigenvalue weighted by Gasteiger charge is 2.31. The number of rotatable bonds is 2. The predicted molar refractivity (Wildman–Crippen MR) is 134 cm³/mol. The standard InChI is InChI=1S/C29H44O2/c1-26(2,3)20-15-13-18(22(24(20)30)28(7,8)9)17-19-14-16-21(27(4,5)6)25(31)23(19)29(10,11)12/h13-16,30-31H,17H2,1-12H3. The molecular weight excluding hydrogens is 380 g/mol. The maximum absolute atomic E-state index is 11.3. The van der Waals surface area contributed by atoms with E-state index in [-0.39, 0.29) is 21.7 Å². The van der Waals surface area contributed by atoms with Crippen LogP contribution in [-0.2, 0) is 28.1 Å². The fraction of sp³-hybridized carbons (Fsp3) is 0.586. The summed E-state index contributed by atoms with van der Waals surface area (Å²) >= 11 is 0. The lowest BCUT2D eigenvalue weighted by Crippen LogP contribution is -2.21. The van der Waals surface area contributed by atoms with Gasteiger partial charge < -0.3 is 10.2 Å². The van der Waals surface area contributed by atoms with Crippen LogP contribution in [0.4, 0.5) is 0 Å². The summed E-state index contributed by atoms with van der Waals surface area (Å²) in [5, 5.41) is 22.6. The van der Waals surface area contributed by atoms with E-state index in [2.05, 4.69) is 107 Å². The van der Waals surface area contributed by atoms with Gasteiger partial charge >= 0.3 is 0 Å². The van der Waals surface area contributed by atoms with Gasteiger partial charge in [0, 0.05) is 11.1 Å². The van der Waals surface area contributed by atoms with E-state index in [4.69, 9.17) is 0 Å². The van der Waals surface area contributed by atoms with Crippen LogP contribution >= 0.6 is 0 Å². The SMILES string of the molecule is CC(C)(C)c1ccc(Cc2ccc(C(C)(C)C)c(O)c2C(C)(C)C)c(C(C)(C)C)c1O. The Morgan fingerprint density at radius 3 is 1.00 bits per heavy atom. The van der Waals surface area contributed by atoms with Gasteiger partial charge in [0.1, 0.15) is 11.5 Å². The number of hydrogen-bond acceptors (Lipinski definition) is 2. The largest absolute Gasteiger partial charge is 0.507 e. The fourth-order valence-electron chi connectivity index (χ4n) is 4.65. The Bertz CT molecular complexity index is 873. The first-order valence-corrected chi connectivity index (χ1v) is 11.5. The van der Waals surface area contributed by atoms with E-state index in [1.165, 1.54) is 0 Å². The first-order chi connectivity index (χ1) is 13.8. The number of benzene rings is 2. The van der Waals surface area contributed by atoms with Gasteiger partial charge in [0.25, 0.3) is 0 Å². The van der Waals surface area contributed by atoms with E-state index < -0.39 is 0 Å². The van der Waals surface area contributed by atoms with Crippen molar-refractivity contribution in [3.05, 3.63) is 57.6 Å². The predicted octanol–water partition coefficient (Wildman–Crippen LogP) is 7.88. The van der Waals surface area contributed by atoms with Gasteiger partial charge in [-0.3, -0.25) is 0 Å². The number of hydrogen-bond donors (Lipinski definition) is 2. The minimum absolute atomic E-state index is 0.133. The average molecular weight is 425 g/mol. The second kappa shape index (κ2) is 7.87. The van der Waals surface area contributed by atoms with Crippen LogP contribution in [0.25, 0.3) is 0 Å². The molecule has 2 aromatic carbocycles. The van der Waals surface area contributed by atoms with Crippen LogP contribution < -0.4 is 0 Å². The molecule has 0 spiro atoms. The zero-order valence-electron chi connectivity index (χ0n) is 21.9. The van der Waals surface area contributed by atoms with Gasteiger partial charge in [-0.15, -0.1) is 0 Å². The molecule has 0 aliphatic rings. The lowest BCUT2D eigenvalue weighted by atomic mass is 9.74.